The Labute approximate surface area is 94.0 Å². The molecule has 0 radical (unpaired) electrons. The Hall–Kier alpha value is -0.340. The molecular weight excluding hydrogens is 238 g/mol. The van der Waals surface area contributed by atoms with Gasteiger partial charge in [-0.1, -0.05) is 41.4 Å². The second kappa shape index (κ2) is 4.45. The molecule has 76 valence electrons. The lowest BCUT2D eigenvalue weighted by Gasteiger charge is -2.27. The van der Waals surface area contributed by atoms with Gasteiger partial charge in [0.05, 0.1) is 0 Å². The van der Waals surface area contributed by atoms with Gasteiger partial charge < -0.3 is 5.32 Å². The number of nitrogens with one attached hydrogen (secondary N) is 1. The maximum Gasteiger partial charge on any atom is 0.0323 e. The molecule has 1 aromatic rings. The Bertz CT molecular complexity index is 322. The van der Waals surface area contributed by atoms with E-state index in [9.17, 15) is 0 Å². The third kappa shape index (κ3) is 1.86. The van der Waals surface area contributed by atoms with Crippen molar-refractivity contribution < 1.29 is 0 Å². The first-order valence-corrected chi connectivity index (χ1v) is 6.13. The first-order valence-electron chi connectivity index (χ1n) is 5.33. The summed E-state index contributed by atoms with van der Waals surface area (Å²) in [5, 5.41) is 3.58. The Morgan fingerprint density at radius 3 is 3.14 bits per heavy atom. The molecule has 1 N–H and O–H groups in total. The molecule has 1 aromatic carbocycles. The van der Waals surface area contributed by atoms with Crippen LogP contribution in [0.2, 0.25) is 0 Å². The number of hydrogen-bond acceptors (Lipinski definition) is 1. The topological polar surface area (TPSA) is 12.0 Å². The minimum atomic E-state index is 0.571. The molecule has 0 spiro atoms. The van der Waals surface area contributed by atoms with Gasteiger partial charge in [-0.25, -0.2) is 0 Å². The predicted octanol–water partition coefficient (Wildman–Crippen LogP) is 3.44. The summed E-state index contributed by atoms with van der Waals surface area (Å²) in [7, 11) is 0. The normalized spacial score (nSPS) is 20.6. The molecule has 0 fully saturated rings. The van der Waals surface area contributed by atoms with E-state index in [2.05, 4.69) is 46.4 Å². The summed E-state index contributed by atoms with van der Waals surface area (Å²) in [5.41, 5.74) is 3.00. The first kappa shape index (κ1) is 10.2. The lowest BCUT2D eigenvalue weighted by Crippen LogP contribution is -2.29. The fraction of sp³-hybridized carbons (Fsp3) is 0.500. The summed E-state index contributed by atoms with van der Waals surface area (Å²) in [6.45, 7) is 3.36. The molecule has 2 rings (SSSR count). The van der Waals surface area contributed by atoms with Gasteiger partial charge in [0.15, 0.2) is 0 Å². The molecule has 0 saturated heterocycles. The highest BCUT2D eigenvalue weighted by Gasteiger charge is 2.19. The molecule has 14 heavy (non-hydrogen) atoms. The van der Waals surface area contributed by atoms with Crippen molar-refractivity contribution in [3.63, 3.8) is 0 Å². The van der Waals surface area contributed by atoms with E-state index < -0.39 is 0 Å². The van der Waals surface area contributed by atoms with Gasteiger partial charge in [0.2, 0.25) is 0 Å². The highest BCUT2D eigenvalue weighted by molar-refractivity contribution is 9.10. The maximum atomic E-state index is 3.63. The summed E-state index contributed by atoms with van der Waals surface area (Å²) >= 11 is 3.63. The number of halogens is 1. The molecule has 2 heteroatoms. The molecule has 1 unspecified atom stereocenters. The zero-order valence-corrected chi connectivity index (χ0v) is 10.1. The van der Waals surface area contributed by atoms with Crippen molar-refractivity contribution in [2.24, 2.45) is 0 Å². The summed E-state index contributed by atoms with van der Waals surface area (Å²) in [6, 6.07) is 7.11. The number of fused-ring (bicyclic) bond motifs is 1. The van der Waals surface area contributed by atoms with Gasteiger partial charge in [-0.05, 0) is 36.6 Å². The van der Waals surface area contributed by atoms with Crippen LogP contribution < -0.4 is 5.32 Å². The SMILES string of the molecule is CCCC1NCCc2c(Br)cccc21. The van der Waals surface area contributed by atoms with Crippen LogP contribution in [0.4, 0.5) is 0 Å². The average Bonchev–Trinajstić information content (AvgIpc) is 2.20. The van der Waals surface area contributed by atoms with E-state index in [-0.39, 0.29) is 0 Å². The molecule has 0 aromatic heterocycles. The second-order valence-corrected chi connectivity index (χ2v) is 4.71. The van der Waals surface area contributed by atoms with Gasteiger partial charge in [-0.15, -0.1) is 0 Å². The minimum Gasteiger partial charge on any atom is -0.310 e. The van der Waals surface area contributed by atoms with E-state index in [0.717, 1.165) is 13.0 Å². The van der Waals surface area contributed by atoms with Crippen LogP contribution in [0.25, 0.3) is 0 Å². The van der Waals surface area contributed by atoms with E-state index in [4.69, 9.17) is 0 Å². The average molecular weight is 254 g/mol. The Morgan fingerprint density at radius 1 is 1.50 bits per heavy atom. The van der Waals surface area contributed by atoms with E-state index in [1.807, 2.05) is 0 Å². The van der Waals surface area contributed by atoms with Gasteiger partial charge in [-0.2, -0.15) is 0 Å². The van der Waals surface area contributed by atoms with Gasteiger partial charge >= 0.3 is 0 Å². The van der Waals surface area contributed by atoms with E-state index in [0.29, 0.717) is 6.04 Å². The van der Waals surface area contributed by atoms with E-state index in [1.54, 1.807) is 0 Å². The molecule has 0 aliphatic carbocycles. The molecule has 1 atom stereocenters. The largest absolute Gasteiger partial charge is 0.310 e. The van der Waals surface area contributed by atoms with Crippen molar-refractivity contribution in [3.8, 4) is 0 Å². The van der Waals surface area contributed by atoms with Crippen LogP contribution in [0.1, 0.15) is 36.9 Å². The maximum absolute atomic E-state index is 3.63. The van der Waals surface area contributed by atoms with E-state index >= 15 is 0 Å². The molecule has 0 amide bonds. The van der Waals surface area contributed by atoms with Gasteiger partial charge in [-0.3, -0.25) is 0 Å². The predicted molar refractivity (Wildman–Crippen MR) is 63.5 cm³/mol. The molecule has 0 bridgehead atoms. The molecule has 0 saturated carbocycles. The molecule has 1 nitrogen and oxygen atoms in total. The van der Waals surface area contributed by atoms with Crippen LogP contribution in [0.3, 0.4) is 0 Å². The first-order chi connectivity index (χ1) is 6.83. The number of hydrogen-bond donors (Lipinski definition) is 1. The van der Waals surface area contributed by atoms with Crippen LogP contribution in [-0.2, 0) is 6.42 Å². The van der Waals surface area contributed by atoms with Crippen LogP contribution in [0.5, 0.6) is 0 Å². The van der Waals surface area contributed by atoms with Crippen molar-refractivity contribution in [3.05, 3.63) is 33.8 Å². The Kier molecular flexibility index (Phi) is 3.24. The number of rotatable bonds is 2. The zero-order valence-electron chi connectivity index (χ0n) is 8.52. The van der Waals surface area contributed by atoms with E-state index in [1.165, 1.54) is 28.4 Å². The monoisotopic (exact) mass is 253 g/mol. The molecule has 1 aliphatic heterocycles. The summed E-state index contributed by atoms with van der Waals surface area (Å²) in [4.78, 5) is 0. The van der Waals surface area contributed by atoms with Crippen LogP contribution >= 0.6 is 15.9 Å². The lowest BCUT2D eigenvalue weighted by molar-refractivity contribution is 0.470. The molecular formula is C12H16BrN. The fourth-order valence-electron chi connectivity index (χ4n) is 2.19. The highest BCUT2D eigenvalue weighted by Crippen LogP contribution is 2.30. The van der Waals surface area contributed by atoms with Crippen molar-refractivity contribution >= 4 is 15.9 Å². The highest BCUT2D eigenvalue weighted by atomic mass is 79.9. The third-order valence-electron chi connectivity index (χ3n) is 2.87. The van der Waals surface area contributed by atoms with Gasteiger partial charge in [0.25, 0.3) is 0 Å². The standard InChI is InChI=1S/C12H16BrN/c1-2-4-12-10-5-3-6-11(13)9(10)7-8-14-12/h3,5-6,12,14H,2,4,7-8H2,1H3. The fourth-order valence-corrected chi connectivity index (χ4v) is 2.77. The summed E-state index contributed by atoms with van der Waals surface area (Å²) < 4.78 is 1.28. The number of benzene rings is 1. The Morgan fingerprint density at radius 2 is 2.36 bits per heavy atom. The smallest absolute Gasteiger partial charge is 0.0323 e. The van der Waals surface area contributed by atoms with Crippen LogP contribution in [0.15, 0.2) is 22.7 Å². The lowest BCUT2D eigenvalue weighted by atomic mass is 9.92. The third-order valence-corrected chi connectivity index (χ3v) is 3.62. The summed E-state index contributed by atoms with van der Waals surface area (Å²) in [5.74, 6) is 0. The molecule has 1 heterocycles. The van der Waals surface area contributed by atoms with Crippen LogP contribution in [-0.4, -0.2) is 6.54 Å². The quantitative estimate of drug-likeness (QED) is 0.852. The zero-order chi connectivity index (χ0) is 9.97. The van der Waals surface area contributed by atoms with Crippen molar-refractivity contribution in [1.82, 2.24) is 5.32 Å². The molecule has 1 aliphatic rings. The van der Waals surface area contributed by atoms with Gasteiger partial charge in [0, 0.05) is 10.5 Å². The van der Waals surface area contributed by atoms with Crippen LogP contribution in [0, 0.1) is 0 Å². The minimum absolute atomic E-state index is 0.571. The Balaban J connectivity index is 2.34. The van der Waals surface area contributed by atoms with Gasteiger partial charge in [0.1, 0.15) is 0 Å². The van der Waals surface area contributed by atoms with Crippen molar-refractivity contribution in [1.29, 1.82) is 0 Å². The van der Waals surface area contributed by atoms with Crippen molar-refractivity contribution in [2.45, 2.75) is 32.2 Å². The second-order valence-electron chi connectivity index (χ2n) is 3.85. The van der Waals surface area contributed by atoms with Crippen molar-refractivity contribution in [2.75, 3.05) is 6.54 Å². The summed E-state index contributed by atoms with van der Waals surface area (Å²) in [6.07, 6.45) is 3.63.